The maximum Gasteiger partial charge on any atom is 0.171 e. The van der Waals surface area contributed by atoms with Gasteiger partial charge in [0.1, 0.15) is 11.6 Å². The number of aromatic nitrogens is 1. The van der Waals surface area contributed by atoms with E-state index in [0.29, 0.717) is 11.7 Å². The van der Waals surface area contributed by atoms with Crippen LogP contribution in [-0.2, 0) is 6.54 Å². The van der Waals surface area contributed by atoms with Crippen LogP contribution in [0.1, 0.15) is 25.3 Å². The Morgan fingerprint density at radius 3 is 2.76 bits per heavy atom. The van der Waals surface area contributed by atoms with Crippen molar-refractivity contribution in [1.82, 2.24) is 10.3 Å². The Bertz CT molecular complexity index is 702. The zero-order chi connectivity index (χ0) is 17.6. The second kappa shape index (κ2) is 8.25. The number of nitrogens with one attached hydrogen (secondary N) is 2. The van der Waals surface area contributed by atoms with Gasteiger partial charge in [-0.05, 0) is 60.8 Å². The average molecular weight is 358 g/mol. The molecule has 0 amide bonds. The Hall–Kier alpha value is -2.21. The van der Waals surface area contributed by atoms with Gasteiger partial charge in [0.15, 0.2) is 5.11 Å². The van der Waals surface area contributed by atoms with Crippen LogP contribution < -0.4 is 15.5 Å². The molecule has 1 aromatic carbocycles. The molecule has 0 aliphatic carbocycles. The monoisotopic (exact) mass is 358 g/mol. The summed E-state index contributed by atoms with van der Waals surface area (Å²) in [6.07, 6.45) is 4.32. The molecule has 0 radical (unpaired) electrons. The van der Waals surface area contributed by atoms with E-state index in [1.54, 1.807) is 18.3 Å². The van der Waals surface area contributed by atoms with Gasteiger partial charge in [0.2, 0.25) is 0 Å². The van der Waals surface area contributed by atoms with E-state index in [2.05, 4.69) is 27.4 Å². The fraction of sp³-hybridized carbons (Fsp3) is 0.368. The molecule has 1 aromatic heterocycles. The topological polar surface area (TPSA) is 40.2 Å². The number of halogens is 1. The van der Waals surface area contributed by atoms with E-state index in [1.165, 1.54) is 25.0 Å². The molecular formula is C19H23FN4S. The highest BCUT2D eigenvalue weighted by atomic mass is 32.1. The molecule has 1 atom stereocenters. The molecular weight excluding hydrogens is 335 g/mol. The zero-order valence-electron chi connectivity index (χ0n) is 14.3. The summed E-state index contributed by atoms with van der Waals surface area (Å²) in [4.78, 5) is 6.89. The Morgan fingerprint density at radius 2 is 2.08 bits per heavy atom. The van der Waals surface area contributed by atoms with Crippen LogP contribution in [0.4, 0.5) is 15.9 Å². The van der Waals surface area contributed by atoms with Gasteiger partial charge in [-0.1, -0.05) is 19.1 Å². The van der Waals surface area contributed by atoms with Gasteiger partial charge in [-0.3, -0.25) is 0 Å². The summed E-state index contributed by atoms with van der Waals surface area (Å²) >= 11 is 5.30. The highest BCUT2D eigenvalue weighted by Gasteiger charge is 2.17. The summed E-state index contributed by atoms with van der Waals surface area (Å²) < 4.78 is 12.9. The van der Waals surface area contributed by atoms with Crippen molar-refractivity contribution in [3.63, 3.8) is 0 Å². The molecule has 25 heavy (non-hydrogen) atoms. The lowest BCUT2D eigenvalue weighted by Crippen LogP contribution is -2.34. The predicted molar refractivity (Wildman–Crippen MR) is 104 cm³/mol. The molecule has 1 saturated heterocycles. The third-order valence-corrected chi connectivity index (χ3v) is 4.60. The fourth-order valence-corrected chi connectivity index (χ4v) is 3.19. The lowest BCUT2D eigenvalue weighted by atomic mass is 10.0. The van der Waals surface area contributed by atoms with Crippen molar-refractivity contribution in [3.05, 3.63) is 54.0 Å². The average Bonchev–Trinajstić information content (AvgIpc) is 2.62. The summed E-state index contributed by atoms with van der Waals surface area (Å²) in [5, 5.41) is 6.76. The first kappa shape index (κ1) is 17.6. The molecule has 1 fully saturated rings. The first-order valence-corrected chi connectivity index (χ1v) is 9.01. The van der Waals surface area contributed by atoms with Crippen LogP contribution in [0.25, 0.3) is 0 Å². The van der Waals surface area contributed by atoms with Crippen molar-refractivity contribution < 1.29 is 4.39 Å². The number of piperidine rings is 1. The van der Waals surface area contributed by atoms with Gasteiger partial charge in [0.25, 0.3) is 0 Å². The van der Waals surface area contributed by atoms with E-state index in [-0.39, 0.29) is 5.82 Å². The van der Waals surface area contributed by atoms with Crippen LogP contribution in [0.3, 0.4) is 0 Å². The molecule has 2 heterocycles. The summed E-state index contributed by atoms with van der Waals surface area (Å²) in [5.74, 6) is 1.50. The number of hydrogen-bond donors (Lipinski definition) is 2. The van der Waals surface area contributed by atoms with Gasteiger partial charge in [-0.2, -0.15) is 0 Å². The maximum atomic E-state index is 12.9. The number of benzene rings is 1. The molecule has 0 saturated carbocycles. The van der Waals surface area contributed by atoms with Gasteiger partial charge in [0.05, 0.1) is 11.9 Å². The second-order valence-corrected chi connectivity index (χ2v) is 6.94. The lowest BCUT2D eigenvalue weighted by Gasteiger charge is -2.31. The summed E-state index contributed by atoms with van der Waals surface area (Å²) in [7, 11) is 0. The zero-order valence-corrected chi connectivity index (χ0v) is 15.2. The fourth-order valence-electron chi connectivity index (χ4n) is 3.00. The minimum Gasteiger partial charge on any atom is -0.358 e. The molecule has 0 bridgehead atoms. The van der Waals surface area contributed by atoms with Gasteiger partial charge in [0, 0.05) is 19.6 Å². The molecule has 0 spiro atoms. The number of pyridine rings is 1. The van der Waals surface area contributed by atoms with Crippen LogP contribution in [-0.4, -0.2) is 23.2 Å². The Labute approximate surface area is 153 Å². The highest BCUT2D eigenvalue weighted by Crippen LogP contribution is 2.22. The summed E-state index contributed by atoms with van der Waals surface area (Å²) in [5.41, 5.74) is 1.82. The van der Waals surface area contributed by atoms with Crippen LogP contribution in [0.15, 0.2) is 42.6 Å². The smallest absolute Gasteiger partial charge is 0.171 e. The standard InChI is InChI=1S/C19H23FN4S/c1-14-3-2-10-24(13-14)18-9-8-17(12-21-18)23-19(25)22-11-15-4-6-16(20)7-5-15/h4-9,12,14H,2-3,10-11,13H2,1H3,(H2,22,23,25). The van der Waals surface area contributed by atoms with Crippen LogP contribution in [0.2, 0.25) is 0 Å². The summed E-state index contributed by atoms with van der Waals surface area (Å²) in [6.45, 7) is 4.97. The van der Waals surface area contributed by atoms with E-state index in [9.17, 15) is 4.39 Å². The molecule has 6 heteroatoms. The number of anilines is 2. The molecule has 4 nitrogen and oxygen atoms in total. The first-order chi connectivity index (χ1) is 12.1. The van der Waals surface area contributed by atoms with Crippen molar-refractivity contribution in [1.29, 1.82) is 0 Å². The third kappa shape index (κ3) is 5.13. The SMILES string of the molecule is CC1CCCN(c2ccc(NC(=S)NCc3ccc(F)cc3)cn2)C1. The van der Waals surface area contributed by atoms with E-state index in [4.69, 9.17) is 12.2 Å². The second-order valence-electron chi connectivity index (χ2n) is 6.53. The van der Waals surface area contributed by atoms with Crippen molar-refractivity contribution in [2.75, 3.05) is 23.3 Å². The molecule has 132 valence electrons. The minimum atomic E-state index is -0.237. The van der Waals surface area contributed by atoms with Crippen molar-refractivity contribution >= 4 is 28.8 Å². The molecule has 2 aromatic rings. The van der Waals surface area contributed by atoms with Crippen molar-refractivity contribution in [3.8, 4) is 0 Å². The van der Waals surface area contributed by atoms with E-state index < -0.39 is 0 Å². The van der Waals surface area contributed by atoms with E-state index in [1.807, 2.05) is 12.1 Å². The van der Waals surface area contributed by atoms with Crippen LogP contribution in [0.5, 0.6) is 0 Å². The molecule has 1 aliphatic rings. The number of hydrogen-bond acceptors (Lipinski definition) is 3. The number of rotatable bonds is 4. The van der Waals surface area contributed by atoms with Crippen molar-refractivity contribution in [2.45, 2.75) is 26.3 Å². The van der Waals surface area contributed by atoms with Gasteiger partial charge in [-0.15, -0.1) is 0 Å². The molecule has 1 unspecified atom stereocenters. The third-order valence-electron chi connectivity index (χ3n) is 4.35. The Morgan fingerprint density at radius 1 is 1.28 bits per heavy atom. The molecule has 2 N–H and O–H groups in total. The van der Waals surface area contributed by atoms with E-state index >= 15 is 0 Å². The Balaban J connectivity index is 1.50. The van der Waals surface area contributed by atoms with Gasteiger partial charge >= 0.3 is 0 Å². The minimum absolute atomic E-state index is 0.237. The molecule has 3 rings (SSSR count). The van der Waals surface area contributed by atoms with Crippen molar-refractivity contribution in [2.24, 2.45) is 5.92 Å². The van der Waals surface area contributed by atoms with Gasteiger partial charge < -0.3 is 15.5 Å². The first-order valence-electron chi connectivity index (χ1n) is 8.60. The van der Waals surface area contributed by atoms with Crippen LogP contribution in [0, 0.1) is 11.7 Å². The quantitative estimate of drug-likeness (QED) is 0.810. The summed E-state index contributed by atoms with van der Waals surface area (Å²) in [6, 6.07) is 10.4. The van der Waals surface area contributed by atoms with Crippen LogP contribution >= 0.6 is 12.2 Å². The largest absolute Gasteiger partial charge is 0.358 e. The maximum absolute atomic E-state index is 12.9. The lowest BCUT2D eigenvalue weighted by molar-refractivity contribution is 0.444. The Kier molecular flexibility index (Phi) is 5.81. The highest BCUT2D eigenvalue weighted by molar-refractivity contribution is 7.80. The predicted octanol–water partition coefficient (Wildman–Crippen LogP) is 3.94. The number of nitrogens with zero attached hydrogens (tertiary/aromatic N) is 2. The van der Waals surface area contributed by atoms with Gasteiger partial charge in [-0.25, -0.2) is 9.37 Å². The van der Waals surface area contributed by atoms with E-state index in [0.717, 1.165) is 36.1 Å². The molecule has 1 aliphatic heterocycles. The normalized spacial score (nSPS) is 17.2. The number of thiocarbonyl (C=S) groups is 1.